The van der Waals surface area contributed by atoms with Gasteiger partial charge in [0.15, 0.2) is 0 Å². The number of rotatable bonds is 14. The van der Waals surface area contributed by atoms with Crippen molar-refractivity contribution in [2.24, 2.45) is 0 Å². The van der Waals surface area contributed by atoms with E-state index in [1.165, 1.54) is 0 Å². The highest BCUT2D eigenvalue weighted by Gasteiger charge is 2.15. The van der Waals surface area contributed by atoms with Crippen LogP contribution in [0, 0.1) is 0 Å². The van der Waals surface area contributed by atoms with Crippen molar-refractivity contribution in [2.45, 2.75) is 18.3 Å². The standard InChI is InChI=1S/C14H32NO7/c1-15(2,3)4-5-20-10-14(22-9-13(19)7-17)11-21-8-12(18)6-16/h12-14,16-19H,4-11H2,1-3H3/q+1. The molecule has 0 rings (SSSR count). The van der Waals surface area contributed by atoms with Gasteiger partial charge in [-0.15, -0.1) is 0 Å². The van der Waals surface area contributed by atoms with E-state index in [2.05, 4.69) is 21.1 Å². The van der Waals surface area contributed by atoms with E-state index in [0.29, 0.717) is 6.61 Å². The third-order valence-corrected chi connectivity index (χ3v) is 2.77. The molecule has 8 heteroatoms. The predicted molar refractivity (Wildman–Crippen MR) is 80.5 cm³/mol. The highest BCUT2D eigenvalue weighted by molar-refractivity contribution is 4.60. The van der Waals surface area contributed by atoms with Gasteiger partial charge in [-0.05, 0) is 0 Å². The molecular formula is C14H32NO7+. The van der Waals surface area contributed by atoms with Gasteiger partial charge in [0.05, 0.1) is 67.4 Å². The van der Waals surface area contributed by atoms with E-state index in [9.17, 15) is 10.2 Å². The molecule has 0 aliphatic rings. The van der Waals surface area contributed by atoms with E-state index in [1.807, 2.05) is 0 Å². The Balaban J connectivity index is 4.04. The summed E-state index contributed by atoms with van der Waals surface area (Å²) in [7, 11) is 6.19. The number of aliphatic hydroxyl groups excluding tert-OH is 4. The molecule has 0 radical (unpaired) electrons. The molecule has 0 aromatic heterocycles. The van der Waals surface area contributed by atoms with Crippen LogP contribution in [-0.2, 0) is 14.2 Å². The Kier molecular flexibility index (Phi) is 12.0. The quantitative estimate of drug-likeness (QED) is 0.212. The molecular weight excluding hydrogens is 294 g/mol. The number of nitrogens with zero attached hydrogens (tertiary/aromatic N) is 1. The summed E-state index contributed by atoms with van der Waals surface area (Å²) in [5, 5.41) is 36.0. The van der Waals surface area contributed by atoms with Gasteiger partial charge in [0.1, 0.15) is 24.9 Å². The molecule has 0 aromatic carbocycles. The third-order valence-electron chi connectivity index (χ3n) is 2.77. The van der Waals surface area contributed by atoms with Crippen LogP contribution in [0.25, 0.3) is 0 Å². The summed E-state index contributed by atoms with van der Waals surface area (Å²) >= 11 is 0. The second kappa shape index (κ2) is 12.1. The average Bonchev–Trinajstić information content (AvgIpc) is 2.46. The molecule has 0 aliphatic heterocycles. The average molecular weight is 326 g/mol. The number of likely N-dealkylation sites (N-methyl/N-ethyl adjacent to an activating group) is 1. The topological polar surface area (TPSA) is 109 Å². The van der Waals surface area contributed by atoms with Gasteiger partial charge in [-0.25, -0.2) is 0 Å². The van der Waals surface area contributed by atoms with Gasteiger partial charge in [0.2, 0.25) is 0 Å². The number of aliphatic hydroxyl groups is 4. The van der Waals surface area contributed by atoms with Gasteiger partial charge < -0.3 is 39.1 Å². The Morgan fingerprint density at radius 1 is 0.818 bits per heavy atom. The molecule has 3 atom stereocenters. The van der Waals surface area contributed by atoms with Crippen LogP contribution in [-0.4, -0.2) is 117 Å². The lowest BCUT2D eigenvalue weighted by molar-refractivity contribution is -0.870. The minimum absolute atomic E-state index is 0.00219. The van der Waals surface area contributed by atoms with Crippen molar-refractivity contribution in [3.8, 4) is 0 Å². The van der Waals surface area contributed by atoms with Gasteiger partial charge in [-0.2, -0.15) is 0 Å². The largest absolute Gasteiger partial charge is 0.394 e. The van der Waals surface area contributed by atoms with Gasteiger partial charge in [-0.3, -0.25) is 0 Å². The van der Waals surface area contributed by atoms with Crippen molar-refractivity contribution in [3.05, 3.63) is 0 Å². The molecule has 22 heavy (non-hydrogen) atoms. The summed E-state index contributed by atoms with van der Waals surface area (Å²) in [4.78, 5) is 0. The fraction of sp³-hybridized carbons (Fsp3) is 1.00. The molecule has 8 nitrogen and oxygen atoms in total. The van der Waals surface area contributed by atoms with Gasteiger partial charge in [0, 0.05) is 0 Å². The minimum Gasteiger partial charge on any atom is -0.394 e. The van der Waals surface area contributed by atoms with Crippen LogP contribution in [0.4, 0.5) is 0 Å². The van der Waals surface area contributed by atoms with E-state index in [0.717, 1.165) is 11.0 Å². The second-order valence-electron chi connectivity index (χ2n) is 6.25. The van der Waals surface area contributed by atoms with Gasteiger partial charge >= 0.3 is 0 Å². The molecule has 0 aliphatic carbocycles. The van der Waals surface area contributed by atoms with E-state index in [1.54, 1.807) is 0 Å². The third kappa shape index (κ3) is 13.4. The molecule has 0 saturated carbocycles. The van der Waals surface area contributed by atoms with Crippen LogP contribution in [0.1, 0.15) is 0 Å². The zero-order valence-corrected chi connectivity index (χ0v) is 13.8. The molecule has 0 aromatic rings. The first-order valence-corrected chi connectivity index (χ1v) is 7.44. The van der Waals surface area contributed by atoms with E-state index >= 15 is 0 Å². The molecule has 0 fully saturated rings. The summed E-state index contributed by atoms with van der Waals surface area (Å²) in [6.07, 6.45) is -2.29. The molecule has 4 N–H and O–H groups in total. The van der Waals surface area contributed by atoms with Crippen LogP contribution in [0.5, 0.6) is 0 Å². The van der Waals surface area contributed by atoms with Gasteiger partial charge in [-0.1, -0.05) is 0 Å². The maximum atomic E-state index is 9.30. The highest BCUT2D eigenvalue weighted by Crippen LogP contribution is 2.00. The van der Waals surface area contributed by atoms with Crippen molar-refractivity contribution in [2.75, 3.05) is 73.9 Å². The lowest BCUT2D eigenvalue weighted by atomic mass is 10.3. The van der Waals surface area contributed by atoms with Crippen LogP contribution < -0.4 is 0 Å². The van der Waals surface area contributed by atoms with Crippen molar-refractivity contribution in [1.29, 1.82) is 0 Å². The van der Waals surface area contributed by atoms with Crippen LogP contribution >= 0.6 is 0 Å². The smallest absolute Gasteiger partial charge is 0.104 e. The van der Waals surface area contributed by atoms with Crippen LogP contribution in [0.3, 0.4) is 0 Å². The van der Waals surface area contributed by atoms with Crippen LogP contribution in [0.15, 0.2) is 0 Å². The zero-order valence-electron chi connectivity index (χ0n) is 13.8. The van der Waals surface area contributed by atoms with Crippen molar-refractivity contribution in [1.82, 2.24) is 0 Å². The Bertz CT molecular complexity index is 260. The molecule has 0 amide bonds. The molecule has 134 valence electrons. The Hall–Kier alpha value is -0.320. The van der Waals surface area contributed by atoms with E-state index < -0.39 is 18.3 Å². The lowest BCUT2D eigenvalue weighted by Gasteiger charge is -2.25. The normalized spacial score (nSPS) is 16.5. The van der Waals surface area contributed by atoms with Crippen LogP contribution in [0.2, 0.25) is 0 Å². The summed E-state index contributed by atoms with van der Waals surface area (Å²) < 4.78 is 17.0. The second-order valence-corrected chi connectivity index (χ2v) is 6.25. The van der Waals surface area contributed by atoms with Crippen molar-refractivity contribution in [3.63, 3.8) is 0 Å². The molecule has 3 unspecified atom stereocenters. The van der Waals surface area contributed by atoms with E-state index in [4.69, 9.17) is 24.4 Å². The molecule has 0 spiro atoms. The Labute approximate surface area is 132 Å². The summed E-state index contributed by atoms with van der Waals surface area (Å²) in [6, 6.07) is 0. The maximum Gasteiger partial charge on any atom is 0.104 e. The van der Waals surface area contributed by atoms with E-state index in [-0.39, 0.29) is 39.6 Å². The molecule has 0 saturated heterocycles. The predicted octanol–water partition coefficient (Wildman–Crippen LogP) is -2.18. The Morgan fingerprint density at radius 2 is 1.36 bits per heavy atom. The minimum atomic E-state index is -0.947. The number of hydrogen-bond acceptors (Lipinski definition) is 7. The number of hydrogen-bond donors (Lipinski definition) is 4. The fourth-order valence-electron chi connectivity index (χ4n) is 1.39. The first-order chi connectivity index (χ1) is 10.3. The molecule has 0 bridgehead atoms. The fourth-order valence-corrected chi connectivity index (χ4v) is 1.39. The molecule has 0 heterocycles. The first kappa shape index (κ1) is 21.7. The zero-order chi connectivity index (χ0) is 17.0. The first-order valence-electron chi connectivity index (χ1n) is 7.44. The monoisotopic (exact) mass is 326 g/mol. The number of ether oxygens (including phenoxy) is 3. The summed E-state index contributed by atoms with van der Waals surface area (Å²) in [5.74, 6) is 0. The van der Waals surface area contributed by atoms with Crippen molar-refractivity contribution < 1.29 is 39.1 Å². The lowest BCUT2D eigenvalue weighted by Crippen LogP contribution is -2.38. The maximum absolute atomic E-state index is 9.30. The van der Waals surface area contributed by atoms with Gasteiger partial charge in [0.25, 0.3) is 0 Å². The summed E-state index contributed by atoms with van der Waals surface area (Å²) in [6.45, 7) is 1.09. The Morgan fingerprint density at radius 3 is 1.91 bits per heavy atom. The summed E-state index contributed by atoms with van der Waals surface area (Å²) in [5.41, 5.74) is 0. The highest BCUT2D eigenvalue weighted by atomic mass is 16.6. The van der Waals surface area contributed by atoms with Crippen molar-refractivity contribution >= 4 is 0 Å². The SMILES string of the molecule is C[N+](C)(C)CCOCC(COCC(O)CO)OCC(O)CO. The number of quaternary nitrogens is 1.